The van der Waals surface area contributed by atoms with Crippen molar-refractivity contribution >= 4 is 17.5 Å². The van der Waals surface area contributed by atoms with Crippen molar-refractivity contribution in [2.24, 2.45) is 0 Å². The minimum atomic E-state index is -0.653. The van der Waals surface area contributed by atoms with Crippen LogP contribution in [0, 0.1) is 13.8 Å². The molecule has 0 radical (unpaired) electrons. The van der Waals surface area contributed by atoms with E-state index >= 15 is 0 Å². The zero-order valence-electron chi connectivity index (χ0n) is 17.6. The summed E-state index contributed by atoms with van der Waals surface area (Å²) < 4.78 is 5.93. The Morgan fingerprint density at radius 1 is 1.04 bits per heavy atom. The van der Waals surface area contributed by atoms with Crippen molar-refractivity contribution in [2.45, 2.75) is 59.6 Å². The number of carbonyl (C=O) groups excluding carboxylic acids is 2. The molecule has 150 valence electrons. The molecule has 0 aliphatic carbocycles. The molecular formula is C23H30N2O3. The number of rotatable bonds is 6. The Kier molecular flexibility index (Phi) is 6.84. The first-order valence-corrected chi connectivity index (χ1v) is 9.56. The third-order valence-electron chi connectivity index (χ3n) is 4.05. The van der Waals surface area contributed by atoms with E-state index in [1.807, 2.05) is 53.7 Å². The van der Waals surface area contributed by atoms with Gasteiger partial charge in [-0.15, -0.1) is 0 Å². The molecule has 0 saturated carbocycles. The Labute approximate surface area is 167 Å². The molecule has 0 fully saturated rings. The molecule has 0 aliphatic heterocycles. The van der Waals surface area contributed by atoms with Crippen LogP contribution in [0.4, 0.5) is 5.69 Å². The van der Waals surface area contributed by atoms with E-state index in [0.717, 1.165) is 11.1 Å². The molecule has 2 aromatic rings. The lowest BCUT2D eigenvalue weighted by Crippen LogP contribution is -2.41. The maximum Gasteiger partial charge on any atom is 0.265 e. The summed E-state index contributed by atoms with van der Waals surface area (Å²) in [4.78, 5) is 25.4. The molecule has 5 nitrogen and oxygen atoms in total. The highest BCUT2D eigenvalue weighted by atomic mass is 16.5. The molecular weight excluding hydrogens is 352 g/mol. The van der Waals surface area contributed by atoms with Crippen molar-refractivity contribution < 1.29 is 14.3 Å². The molecule has 2 amide bonds. The topological polar surface area (TPSA) is 67.4 Å². The summed E-state index contributed by atoms with van der Waals surface area (Å²) >= 11 is 0. The van der Waals surface area contributed by atoms with E-state index in [0.29, 0.717) is 23.4 Å². The van der Waals surface area contributed by atoms with Gasteiger partial charge in [0, 0.05) is 5.54 Å². The summed E-state index contributed by atoms with van der Waals surface area (Å²) in [5.74, 6) is 0.155. The number of anilines is 1. The van der Waals surface area contributed by atoms with Crippen LogP contribution in [0.15, 0.2) is 42.5 Å². The predicted molar refractivity (Wildman–Crippen MR) is 113 cm³/mol. The second-order valence-electron chi connectivity index (χ2n) is 8.08. The van der Waals surface area contributed by atoms with Crippen LogP contribution in [0.25, 0.3) is 0 Å². The fourth-order valence-electron chi connectivity index (χ4n) is 2.90. The lowest BCUT2D eigenvalue weighted by atomic mass is 10.1. The van der Waals surface area contributed by atoms with Crippen molar-refractivity contribution in [3.05, 3.63) is 59.2 Å². The maximum atomic E-state index is 12.8. The van der Waals surface area contributed by atoms with Gasteiger partial charge in [0.2, 0.25) is 0 Å². The Morgan fingerprint density at radius 3 is 2.21 bits per heavy atom. The maximum absolute atomic E-state index is 12.8. The number of hydrogen-bond donors (Lipinski definition) is 2. The highest BCUT2D eigenvalue weighted by molar-refractivity contribution is 6.04. The van der Waals surface area contributed by atoms with E-state index in [4.69, 9.17) is 4.74 Å². The molecule has 5 heteroatoms. The molecule has 0 saturated heterocycles. The number of nitrogens with one attached hydrogen (secondary N) is 2. The van der Waals surface area contributed by atoms with E-state index < -0.39 is 6.10 Å². The summed E-state index contributed by atoms with van der Waals surface area (Å²) in [6.45, 7) is 11.6. The Bertz CT molecular complexity index is 833. The largest absolute Gasteiger partial charge is 0.481 e. The van der Waals surface area contributed by atoms with Crippen LogP contribution in [0.5, 0.6) is 5.75 Å². The van der Waals surface area contributed by atoms with Gasteiger partial charge in [0.15, 0.2) is 6.10 Å². The average molecular weight is 383 g/mol. The van der Waals surface area contributed by atoms with Gasteiger partial charge in [-0.2, -0.15) is 0 Å². The van der Waals surface area contributed by atoms with Crippen molar-refractivity contribution in [3.8, 4) is 5.75 Å². The normalized spacial score (nSPS) is 12.2. The van der Waals surface area contributed by atoms with E-state index in [2.05, 4.69) is 16.7 Å². The molecule has 0 aliphatic rings. The van der Waals surface area contributed by atoms with Gasteiger partial charge in [-0.3, -0.25) is 9.59 Å². The van der Waals surface area contributed by atoms with E-state index in [9.17, 15) is 9.59 Å². The number of para-hydroxylation sites is 1. The summed E-state index contributed by atoms with van der Waals surface area (Å²) in [5.41, 5.74) is 2.68. The van der Waals surface area contributed by atoms with Gasteiger partial charge in [0.1, 0.15) is 5.75 Å². The second-order valence-corrected chi connectivity index (χ2v) is 8.08. The van der Waals surface area contributed by atoms with Gasteiger partial charge in [-0.05, 0) is 76.4 Å². The molecule has 1 atom stereocenters. The van der Waals surface area contributed by atoms with Gasteiger partial charge in [0.25, 0.3) is 11.8 Å². The molecule has 2 N–H and O–H groups in total. The molecule has 0 bridgehead atoms. The van der Waals surface area contributed by atoms with Crippen LogP contribution >= 0.6 is 0 Å². The second kappa shape index (κ2) is 8.91. The van der Waals surface area contributed by atoms with Gasteiger partial charge in [-0.25, -0.2) is 0 Å². The Hall–Kier alpha value is -2.82. The summed E-state index contributed by atoms with van der Waals surface area (Å²) in [7, 11) is 0. The minimum Gasteiger partial charge on any atom is -0.481 e. The number of amides is 2. The van der Waals surface area contributed by atoms with Gasteiger partial charge >= 0.3 is 0 Å². The van der Waals surface area contributed by atoms with Crippen LogP contribution in [0.2, 0.25) is 0 Å². The Balaban J connectivity index is 2.17. The van der Waals surface area contributed by atoms with Crippen molar-refractivity contribution in [3.63, 3.8) is 0 Å². The molecule has 0 heterocycles. The fourth-order valence-corrected chi connectivity index (χ4v) is 2.90. The SMILES string of the molecule is CCC(Oc1cc(C)cc(C)c1)C(=O)Nc1ccccc1C(=O)NC(C)(C)C. The van der Waals surface area contributed by atoms with E-state index in [1.54, 1.807) is 24.3 Å². The van der Waals surface area contributed by atoms with Crippen LogP contribution in [0.1, 0.15) is 55.6 Å². The smallest absolute Gasteiger partial charge is 0.265 e. The Morgan fingerprint density at radius 2 is 1.64 bits per heavy atom. The first-order chi connectivity index (χ1) is 13.1. The quantitative estimate of drug-likeness (QED) is 0.765. The molecule has 0 spiro atoms. The van der Waals surface area contributed by atoms with Crippen molar-refractivity contribution in [1.29, 1.82) is 0 Å². The van der Waals surface area contributed by atoms with Crippen molar-refractivity contribution in [1.82, 2.24) is 5.32 Å². The monoisotopic (exact) mass is 382 g/mol. The predicted octanol–water partition coefficient (Wildman–Crippen LogP) is 4.63. The van der Waals surface area contributed by atoms with Crippen LogP contribution in [0.3, 0.4) is 0 Å². The van der Waals surface area contributed by atoms with Gasteiger partial charge < -0.3 is 15.4 Å². The highest BCUT2D eigenvalue weighted by Crippen LogP contribution is 2.21. The van der Waals surface area contributed by atoms with E-state index in [1.165, 1.54) is 0 Å². The summed E-state index contributed by atoms with van der Waals surface area (Å²) in [6.07, 6.45) is -0.144. The lowest BCUT2D eigenvalue weighted by Gasteiger charge is -2.22. The third kappa shape index (κ3) is 6.12. The summed E-state index contributed by atoms with van der Waals surface area (Å²) in [5, 5.41) is 5.78. The fraction of sp³-hybridized carbons (Fsp3) is 0.391. The van der Waals surface area contributed by atoms with Crippen LogP contribution < -0.4 is 15.4 Å². The average Bonchev–Trinajstić information content (AvgIpc) is 2.57. The molecule has 2 aromatic carbocycles. The third-order valence-corrected chi connectivity index (χ3v) is 4.05. The standard InChI is InChI=1S/C23H30N2O3/c1-7-20(28-17-13-15(2)12-16(3)14-17)22(27)24-19-11-9-8-10-18(19)21(26)25-23(4,5)6/h8-14,20H,7H2,1-6H3,(H,24,27)(H,25,26). The van der Waals surface area contributed by atoms with Crippen molar-refractivity contribution in [2.75, 3.05) is 5.32 Å². The zero-order valence-corrected chi connectivity index (χ0v) is 17.6. The first-order valence-electron chi connectivity index (χ1n) is 9.56. The number of ether oxygens (including phenoxy) is 1. The molecule has 28 heavy (non-hydrogen) atoms. The number of aryl methyl sites for hydroxylation is 2. The lowest BCUT2D eigenvalue weighted by molar-refractivity contribution is -0.122. The molecule has 0 aromatic heterocycles. The van der Waals surface area contributed by atoms with Gasteiger partial charge in [-0.1, -0.05) is 25.1 Å². The van der Waals surface area contributed by atoms with Gasteiger partial charge in [0.05, 0.1) is 11.3 Å². The van der Waals surface area contributed by atoms with Crippen LogP contribution in [-0.2, 0) is 4.79 Å². The zero-order chi connectivity index (χ0) is 20.9. The van der Waals surface area contributed by atoms with E-state index in [-0.39, 0.29) is 17.4 Å². The summed E-state index contributed by atoms with van der Waals surface area (Å²) in [6, 6.07) is 12.9. The number of carbonyl (C=O) groups is 2. The number of benzene rings is 2. The first kappa shape index (κ1) is 21.5. The molecule has 2 rings (SSSR count). The minimum absolute atomic E-state index is 0.230. The highest BCUT2D eigenvalue weighted by Gasteiger charge is 2.22. The van der Waals surface area contributed by atoms with Crippen LogP contribution in [-0.4, -0.2) is 23.5 Å². The molecule has 1 unspecified atom stereocenters. The number of hydrogen-bond acceptors (Lipinski definition) is 3.